The summed E-state index contributed by atoms with van der Waals surface area (Å²) in [6, 6.07) is 6.96. The van der Waals surface area contributed by atoms with Crippen LogP contribution in [0.5, 0.6) is 5.75 Å². The van der Waals surface area contributed by atoms with Gasteiger partial charge in [0.25, 0.3) is 10.2 Å². The number of para-hydroxylation sites is 1. The maximum Gasteiger partial charge on any atom is 0.344 e. The summed E-state index contributed by atoms with van der Waals surface area (Å²) in [5.41, 5.74) is 0. The second-order valence-corrected chi connectivity index (χ2v) is 12.0. The van der Waals surface area contributed by atoms with Gasteiger partial charge in [0.2, 0.25) is 0 Å². The van der Waals surface area contributed by atoms with E-state index in [1.165, 1.54) is 89.9 Å². The molecule has 1 rings (SSSR count). The lowest BCUT2D eigenvalue weighted by Crippen LogP contribution is -2.21. The summed E-state index contributed by atoms with van der Waals surface area (Å²) in [6.07, 6.45) is 21.6. The van der Waals surface area contributed by atoms with E-state index < -0.39 is 30.0 Å². The fourth-order valence-corrected chi connectivity index (χ4v) is 4.79. The second kappa shape index (κ2) is 21.7. The summed E-state index contributed by atoms with van der Waals surface area (Å²) in [5.74, 6) is 0.527. The van der Waals surface area contributed by atoms with Crippen LogP contribution in [0.15, 0.2) is 24.3 Å². The average Bonchev–Trinajstić information content (AvgIpc) is 2.75. The zero-order valence-electron chi connectivity index (χ0n) is 20.3. The Morgan fingerprint density at radius 3 is 1.45 bits per heavy atom. The van der Waals surface area contributed by atoms with Crippen molar-refractivity contribution < 1.29 is 19.3 Å². The number of hydrogen-bond donors (Lipinski definition) is 2. The van der Waals surface area contributed by atoms with Crippen LogP contribution in [0.1, 0.15) is 110 Å². The molecule has 0 saturated heterocycles. The Morgan fingerprint density at radius 1 is 0.697 bits per heavy atom. The molecule has 9 heteroatoms. The second-order valence-electron chi connectivity index (χ2n) is 8.39. The van der Waals surface area contributed by atoms with Gasteiger partial charge in [0, 0.05) is 0 Å². The Morgan fingerprint density at radius 2 is 1.06 bits per heavy atom. The van der Waals surface area contributed by atoms with Crippen molar-refractivity contribution in [3.63, 3.8) is 0 Å². The quantitative estimate of drug-likeness (QED) is 0.133. The summed E-state index contributed by atoms with van der Waals surface area (Å²) in [4.78, 5) is 0. The molecule has 0 aliphatic carbocycles. The Kier molecular flexibility index (Phi) is 21.2. The van der Waals surface area contributed by atoms with Crippen LogP contribution < -0.4 is 15.0 Å². The smallest absolute Gasteiger partial charge is 0.344 e. The SMILES string of the molecule is CCCCCCCCCCCCCCCCCCOc1ccccc1I(=O)=O.NS(N)(=O)=O. The maximum absolute atomic E-state index is 11.3. The molecule has 0 aromatic heterocycles. The van der Waals surface area contributed by atoms with Crippen molar-refractivity contribution in [3.8, 4) is 5.75 Å². The van der Waals surface area contributed by atoms with E-state index in [0.717, 1.165) is 12.8 Å². The lowest BCUT2D eigenvalue weighted by atomic mass is 10.0. The Labute approximate surface area is 208 Å². The monoisotopic (exact) mass is 600 g/mol. The van der Waals surface area contributed by atoms with Crippen molar-refractivity contribution in [3.05, 3.63) is 27.8 Å². The fourth-order valence-electron chi connectivity index (χ4n) is 3.52. The average molecular weight is 601 g/mol. The van der Waals surface area contributed by atoms with E-state index in [1.807, 2.05) is 6.07 Å². The highest BCUT2D eigenvalue weighted by Crippen LogP contribution is 2.27. The standard InChI is InChI=1S/C24H41IO3.H4N2O2S/c1-2-3-4-5-6-7-8-9-10-11-12-13-14-15-16-19-22-28-24-21-18-17-20-23(24)25(26)27;1-5(2,3)4/h17-18,20-21H,2-16,19,22H2,1H3;(H4,1,2,3,4). The van der Waals surface area contributed by atoms with Gasteiger partial charge in [-0.05, 0) is 18.6 Å². The molecule has 0 saturated carbocycles. The van der Waals surface area contributed by atoms with E-state index in [2.05, 4.69) is 17.2 Å². The van der Waals surface area contributed by atoms with Gasteiger partial charge >= 0.3 is 19.8 Å². The largest absolute Gasteiger partial charge is 0.492 e. The first kappa shape index (κ1) is 32.2. The first-order valence-electron chi connectivity index (χ1n) is 12.3. The minimum atomic E-state index is -3.67. The molecule has 4 N–H and O–H groups in total. The number of rotatable bonds is 19. The summed E-state index contributed by atoms with van der Waals surface area (Å²) < 4.78 is 46.9. The predicted octanol–water partition coefficient (Wildman–Crippen LogP) is 6.84. The van der Waals surface area contributed by atoms with Crippen LogP contribution in [0.2, 0.25) is 0 Å². The number of unbranched alkanes of at least 4 members (excludes halogenated alkanes) is 15. The lowest BCUT2D eigenvalue weighted by Gasteiger charge is -2.07. The first-order chi connectivity index (χ1) is 15.8. The number of hydrogen-bond acceptors (Lipinski definition) is 5. The molecule has 0 aliphatic heterocycles. The third kappa shape index (κ3) is 24.2. The summed E-state index contributed by atoms with van der Waals surface area (Å²) >= 11 is -3.46. The molecular weight excluding hydrogens is 555 g/mol. The minimum Gasteiger partial charge on any atom is -0.492 e. The molecule has 1 aromatic rings. The highest BCUT2D eigenvalue weighted by Gasteiger charge is 2.07. The van der Waals surface area contributed by atoms with E-state index in [4.69, 9.17) is 4.74 Å². The number of halogens is 1. The van der Waals surface area contributed by atoms with Gasteiger partial charge in [-0.1, -0.05) is 115 Å². The molecule has 0 amide bonds. The highest BCUT2D eigenvalue weighted by atomic mass is 127. The zero-order valence-corrected chi connectivity index (χ0v) is 23.3. The van der Waals surface area contributed by atoms with Crippen LogP contribution >= 0.6 is 19.8 Å². The van der Waals surface area contributed by atoms with Crippen LogP contribution in [0.3, 0.4) is 0 Å². The van der Waals surface area contributed by atoms with Crippen LogP contribution in [0.25, 0.3) is 0 Å². The minimum absolute atomic E-state index is 0.378. The van der Waals surface area contributed by atoms with Crippen LogP contribution in [0.4, 0.5) is 0 Å². The summed E-state index contributed by atoms with van der Waals surface area (Å²) in [5, 5.41) is 8.21. The zero-order chi connectivity index (χ0) is 24.8. The topological polar surface area (TPSA) is 130 Å². The molecule has 1 aromatic carbocycles. The third-order valence-electron chi connectivity index (χ3n) is 5.26. The first-order valence-corrected chi connectivity index (χ1v) is 16.8. The van der Waals surface area contributed by atoms with E-state index in [1.54, 1.807) is 18.2 Å². The van der Waals surface area contributed by atoms with Crippen molar-refractivity contribution in [2.45, 2.75) is 110 Å². The van der Waals surface area contributed by atoms with Gasteiger partial charge in [-0.15, -0.1) is 0 Å². The van der Waals surface area contributed by atoms with Gasteiger partial charge in [0.15, 0.2) is 0 Å². The van der Waals surface area contributed by atoms with E-state index >= 15 is 0 Å². The number of benzene rings is 1. The Balaban J connectivity index is 0.00000184. The van der Waals surface area contributed by atoms with Crippen LogP contribution in [-0.2, 0) is 16.3 Å². The van der Waals surface area contributed by atoms with E-state index in [0.29, 0.717) is 15.9 Å². The van der Waals surface area contributed by atoms with Crippen LogP contribution in [-0.4, -0.2) is 15.0 Å². The molecule has 0 unspecified atom stereocenters. The molecule has 0 aliphatic rings. The van der Waals surface area contributed by atoms with Crippen molar-refractivity contribution in [1.29, 1.82) is 0 Å². The van der Waals surface area contributed by atoms with E-state index in [9.17, 15) is 14.6 Å². The normalized spacial score (nSPS) is 11.3. The predicted molar refractivity (Wildman–Crippen MR) is 143 cm³/mol. The molecule has 7 nitrogen and oxygen atoms in total. The van der Waals surface area contributed by atoms with Gasteiger partial charge < -0.3 is 4.74 Å². The molecule has 33 heavy (non-hydrogen) atoms. The molecule has 0 heterocycles. The van der Waals surface area contributed by atoms with Gasteiger partial charge in [-0.25, -0.2) is 16.4 Å². The lowest BCUT2D eigenvalue weighted by molar-refractivity contribution is 0.302. The van der Waals surface area contributed by atoms with Crippen molar-refractivity contribution in [1.82, 2.24) is 0 Å². The molecule has 0 radical (unpaired) electrons. The van der Waals surface area contributed by atoms with Crippen LogP contribution in [0, 0.1) is 3.57 Å². The van der Waals surface area contributed by atoms with Gasteiger partial charge in [-0.2, -0.15) is 8.42 Å². The maximum atomic E-state index is 11.3. The highest BCUT2D eigenvalue weighted by molar-refractivity contribution is 14.2. The molecule has 0 bridgehead atoms. The van der Waals surface area contributed by atoms with Gasteiger partial charge in [0.05, 0.1) is 6.61 Å². The molecular formula is C24H45IN2O5S. The molecule has 194 valence electrons. The Hall–Kier alpha value is -0.780. The van der Waals surface area contributed by atoms with Crippen molar-refractivity contribution in [2.75, 3.05) is 6.61 Å². The summed E-state index contributed by atoms with van der Waals surface area (Å²) in [7, 11) is -3.67. The number of ether oxygens (including phenoxy) is 1. The van der Waals surface area contributed by atoms with E-state index in [-0.39, 0.29) is 0 Å². The van der Waals surface area contributed by atoms with Crippen molar-refractivity contribution in [2.24, 2.45) is 10.3 Å². The number of nitrogens with two attached hydrogens (primary N) is 2. The Bertz CT molecular complexity index is 754. The van der Waals surface area contributed by atoms with Gasteiger partial charge in [-0.3, -0.25) is 0 Å². The fraction of sp³-hybridized carbons (Fsp3) is 0.750. The third-order valence-corrected chi connectivity index (χ3v) is 7.10. The molecule has 0 atom stereocenters. The van der Waals surface area contributed by atoms with Crippen molar-refractivity contribution >= 4 is 30.0 Å². The summed E-state index contributed by atoms with van der Waals surface area (Å²) in [6.45, 7) is 2.89. The molecule has 0 fully saturated rings. The molecule has 0 spiro atoms. The van der Waals surface area contributed by atoms with Gasteiger partial charge in [0.1, 0.15) is 9.32 Å².